The summed E-state index contributed by atoms with van der Waals surface area (Å²) in [4.78, 5) is 14.1. The molecule has 0 heterocycles. The fourth-order valence-corrected chi connectivity index (χ4v) is 4.53. The van der Waals surface area contributed by atoms with Crippen LogP contribution in [0.1, 0.15) is 6.92 Å². The van der Waals surface area contributed by atoms with Crippen LogP contribution in [0.4, 0.5) is 8.78 Å². The molecule has 0 saturated carbocycles. The lowest BCUT2D eigenvalue weighted by atomic mass is 10.3. The predicted octanol–water partition coefficient (Wildman–Crippen LogP) is 5.75. The van der Waals surface area contributed by atoms with E-state index in [0.717, 1.165) is 14.7 Å². The van der Waals surface area contributed by atoms with Crippen molar-refractivity contribution in [2.45, 2.75) is 26.4 Å². The molecule has 27 heavy (non-hydrogen) atoms. The molecule has 0 bridgehead atoms. The first-order valence-electron chi connectivity index (χ1n) is 8.15. The first-order chi connectivity index (χ1) is 12.9. The zero-order chi connectivity index (χ0) is 19.4. The molecule has 2 nitrogen and oxygen atoms in total. The summed E-state index contributed by atoms with van der Waals surface area (Å²) in [6, 6.07) is 19.7. The summed E-state index contributed by atoms with van der Waals surface area (Å²) < 4.78 is 32.0. The van der Waals surface area contributed by atoms with Crippen molar-refractivity contribution in [3.8, 4) is 5.75 Å². The van der Waals surface area contributed by atoms with E-state index in [4.69, 9.17) is 4.74 Å². The van der Waals surface area contributed by atoms with Crippen LogP contribution in [0.5, 0.6) is 5.75 Å². The molecular weight excluding hydrogens is 434 g/mol. The number of hydrogen-bond donors (Lipinski definition) is 0. The highest BCUT2D eigenvalue weighted by atomic mass is 79.9. The summed E-state index contributed by atoms with van der Waals surface area (Å²) in [5.41, 5.74) is 0. The number of esters is 1. The van der Waals surface area contributed by atoms with Crippen LogP contribution < -0.4 is 4.74 Å². The molecule has 1 unspecified atom stereocenters. The molecule has 0 aliphatic heterocycles. The number of rotatable bonds is 5. The van der Waals surface area contributed by atoms with E-state index >= 15 is 0 Å². The van der Waals surface area contributed by atoms with Gasteiger partial charge in [0.1, 0.15) is 22.2 Å². The van der Waals surface area contributed by atoms with Gasteiger partial charge in [-0.15, -0.1) is 0 Å². The lowest BCUT2D eigenvalue weighted by Crippen LogP contribution is -2.17. The van der Waals surface area contributed by atoms with Gasteiger partial charge in [0.15, 0.2) is 14.7 Å². The van der Waals surface area contributed by atoms with Crippen LogP contribution in [0, 0.1) is 11.6 Å². The SMILES string of the molecule is CC(Br)C(=O)Oc1ccc([S+](c2ccc(F)cc2)c2ccc(F)cc2)cc1. The molecule has 0 N–H and O–H groups in total. The Morgan fingerprint density at radius 2 is 1.19 bits per heavy atom. The van der Waals surface area contributed by atoms with Gasteiger partial charge in [-0.3, -0.25) is 4.79 Å². The first kappa shape index (κ1) is 19.6. The first-order valence-corrected chi connectivity index (χ1v) is 10.3. The average molecular weight is 450 g/mol. The Labute approximate surface area is 167 Å². The Hall–Kier alpha value is -2.18. The van der Waals surface area contributed by atoms with Crippen molar-refractivity contribution in [1.82, 2.24) is 0 Å². The Bertz CT molecular complexity index is 865. The van der Waals surface area contributed by atoms with Gasteiger partial charge in [0.05, 0.1) is 10.9 Å². The summed E-state index contributed by atoms with van der Waals surface area (Å²) in [6.45, 7) is 1.69. The molecule has 0 amide bonds. The van der Waals surface area contributed by atoms with E-state index in [1.807, 2.05) is 12.1 Å². The molecule has 138 valence electrons. The van der Waals surface area contributed by atoms with Gasteiger partial charge in [-0.25, -0.2) is 8.78 Å². The molecule has 0 saturated heterocycles. The number of hydrogen-bond acceptors (Lipinski definition) is 2. The molecule has 3 aromatic carbocycles. The van der Waals surface area contributed by atoms with Crippen LogP contribution in [-0.4, -0.2) is 10.8 Å². The average Bonchev–Trinajstić information content (AvgIpc) is 2.66. The summed E-state index contributed by atoms with van der Waals surface area (Å²) >= 11 is 3.17. The number of ether oxygens (including phenoxy) is 1. The summed E-state index contributed by atoms with van der Waals surface area (Å²) in [5.74, 6) is -0.559. The number of alkyl halides is 1. The smallest absolute Gasteiger partial charge is 0.324 e. The summed E-state index contributed by atoms with van der Waals surface area (Å²) in [7, 11) is -0.544. The maximum absolute atomic E-state index is 13.3. The molecule has 0 aliphatic carbocycles. The zero-order valence-corrected chi connectivity index (χ0v) is 16.8. The van der Waals surface area contributed by atoms with Crippen LogP contribution in [0.2, 0.25) is 0 Å². The lowest BCUT2D eigenvalue weighted by molar-refractivity contribution is -0.133. The second-order valence-corrected chi connectivity index (χ2v) is 9.12. The van der Waals surface area contributed by atoms with Gasteiger partial charge >= 0.3 is 5.97 Å². The third-order valence-corrected chi connectivity index (χ3v) is 6.31. The molecular formula is C21H16BrF2O2S+. The molecule has 0 fully saturated rings. The van der Waals surface area contributed by atoms with Crippen LogP contribution in [-0.2, 0) is 15.7 Å². The number of halogens is 3. The van der Waals surface area contributed by atoms with Crippen molar-refractivity contribution >= 4 is 32.8 Å². The highest BCUT2D eigenvalue weighted by molar-refractivity contribution is 9.10. The van der Waals surface area contributed by atoms with Gasteiger partial charge in [0, 0.05) is 0 Å². The van der Waals surface area contributed by atoms with E-state index in [1.165, 1.54) is 24.3 Å². The fourth-order valence-electron chi connectivity index (χ4n) is 2.39. The van der Waals surface area contributed by atoms with E-state index in [0.29, 0.717) is 5.75 Å². The third-order valence-electron chi connectivity index (χ3n) is 3.70. The van der Waals surface area contributed by atoms with E-state index < -0.39 is 15.7 Å². The minimum Gasteiger partial charge on any atom is -0.426 e. The second kappa shape index (κ2) is 8.67. The minimum absolute atomic E-state index is 0.312. The fraction of sp³-hybridized carbons (Fsp3) is 0.0952. The van der Waals surface area contributed by atoms with Gasteiger partial charge in [0.25, 0.3) is 0 Å². The molecule has 0 radical (unpaired) electrons. The van der Waals surface area contributed by atoms with Gasteiger partial charge in [-0.1, -0.05) is 15.9 Å². The quantitative estimate of drug-likeness (QED) is 0.214. The number of carbonyl (C=O) groups is 1. The van der Waals surface area contributed by atoms with E-state index in [-0.39, 0.29) is 17.6 Å². The van der Waals surface area contributed by atoms with Gasteiger partial charge in [-0.05, 0) is 79.7 Å². The van der Waals surface area contributed by atoms with Crippen molar-refractivity contribution in [2.75, 3.05) is 0 Å². The summed E-state index contributed by atoms with van der Waals surface area (Å²) in [6.07, 6.45) is 0. The minimum atomic E-state index is -0.544. The number of carbonyl (C=O) groups excluding carboxylic acids is 1. The van der Waals surface area contributed by atoms with E-state index in [9.17, 15) is 13.6 Å². The Morgan fingerprint density at radius 3 is 1.56 bits per heavy atom. The lowest BCUT2D eigenvalue weighted by Gasteiger charge is -2.09. The highest BCUT2D eigenvalue weighted by Gasteiger charge is 2.29. The summed E-state index contributed by atoms with van der Waals surface area (Å²) in [5, 5.41) is 0. The van der Waals surface area contributed by atoms with E-state index in [1.54, 1.807) is 43.3 Å². The molecule has 1 atom stereocenters. The maximum atomic E-state index is 13.3. The van der Waals surface area contributed by atoms with Crippen molar-refractivity contribution in [2.24, 2.45) is 0 Å². The van der Waals surface area contributed by atoms with E-state index in [2.05, 4.69) is 15.9 Å². The molecule has 0 spiro atoms. The van der Waals surface area contributed by atoms with Crippen molar-refractivity contribution in [1.29, 1.82) is 0 Å². The molecule has 0 aromatic heterocycles. The van der Waals surface area contributed by atoms with Gasteiger partial charge in [-0.2, -0.15) is 0 Å². The van der Waals surface area contributed by atoms with Crippen LogP contribution in [0.3, 0.4) is 0 Å². The Morgan fingerprint density at radius 1 is 0.815 bits per heavy atom. The monoisotopic (exact) mass is 449 g/mol. The molecule has 3 rings (SSSR count). The predicted molar refractivity (Wildman–Crippen MR) is 105 cm³/mol. The largest absolute Gasteiger partial charge is 0.426 e. The highest BCUT2D eigenvalue weighted by Crippen LogP contribution is 2.32. The third kappa shape index (κ3) is 4.96. The van der Waals surface area contributed by atoms with Crippen LogP contribution in [0.25, 0.3) is 0 Å². The molecule has 0 aliphatic rings. The topological polar surface area (TPSA) is 26.3 Å². The van der Waals surface area contributed by atoms with Crippen molar-refractivity contribution in [3.05, 3.63) is 84.4 Å². The normalized spacial score (nSPS) is 12.0. The second-order valence-electron chi connectivity index (χ2n) is 5.72. The van der Waals surface area contributed by atoms with Gasteiger partial charge in [0.2, 0.25) is 0 Å². The Balaban J connectivity index is 1.96. The molecule has 6 heteroatoms. The standard InChI is InChI=1S/C21H16BrF2O2S/c1-14(22)21(25)26-17-6-12-20(13-7-17)27(18-8-2-15(23)3-9-18)19-10-4-16(24)5-11-19/h2-14H,1H3/q+1. The van der Waals surface area contributed by atoms with Gasteiger partial charge < -0.3 is 4.74 Å². The van der Waals surface area contributed by atoms with Crippen LogP contribution in [0.15, 0.2) is 87.5 Å². The Kier molecular flexibility index (Phi) is 6.29. The van der Waals surface area contributed by atoms with Crippen molar-refractivity contribution < 1.29 is 18.3 Å². The van der Waals surface area contributed by atoms with Crippen molar-refractivity contribution in [3.63, 3.8) is 0 Å². The molecule has 3 aromatic rings. The maximum Gasteiger partial charge on any atom is 0.324 e. The number of benzene rings is 3. The zero-order valence-electron chi connectivity index (χ0n) is 14.4. The van der Waals surface area contributed by atoms with Crippen LogP contribution >= 0.6 is 15.9 Å².